The zero-order chi connectivity index (χ0) is 18.8. The molecule has 0 aliphatic rings. The van der Waals surface area contributed by atoms with Crippen molar-refractivity contribution in [2.45, 2.75) is 19.5 Å². The molecule has 2 aromatic heterocycles. The van der Waals surface area contributed by atoms with Gasteiger partial charge in [0, 0.05) is 5.02 Å². The highest BCUT2D eigenvalue weighted by Gasteiger charge is 2.16. The Morgan fingerprint density at radius 3 is 2.63 bits per heavy atom. The van der Waals surface area contributed by atoms with Crippen molar-refractivity contribution in [3.05, 3.63) is 81.1 Å². The van der Waals surface area contributed by atoms with E-state index in [1.54, 1.807) is 16.8 Å². The summed E-state index contributed by atoms with van der Waals surface area (Å²) in [4.78, 5) is 12.3. The summed E-state index contributed by atoms with van der Waals surface area (Å²) in [6, 6.07) is 17.4. The fourth-order valence-electron chi connectivity index (χ4n) is 2.91. The molecular weight excluding hydrogens is 364 g/mol. The van der Waals surface area contributed by atoms with Crippen molar-refractivity contribution in [3.8, 4) is 0 Å². The second-order valence-electron chi connectivity index (χ2n) is 6.25. The maximum atomic E-state index is 12.3. The van der Waals surface area contributed by atoms with Gasteiger partial charge in [-0.1, -0.05) is 59.3 Å². The van der Waals surface area contributed by atoms with Gasteiger partial charge in [-0.25, -0.2) is 9.78 Å². The van der Waals surface area contributed by atoms with Crippen LogP contribution in [-0.4, -0.2) is 25.2 Å². The summed E-state index contributed by atoms with van der Waals surface area (Å²) in [6.45, 7) is 2.43. The predicted octanol–water partition coefficient (Wildman–Crippen LogP) is 3.39. The van der Waals surface area contributed by atoms with Crippen LogP contribution in [0.1, 0.15) is 24.1 Å². The van der Waals surface area contributed by atoms with Gasteiger partial charge in [0.05, 0.1) is 12.6 Å². The lowest BCUT2D eigenvalue weighted by molar-refractivity contribution is 0.667. The Morgan fingerprint density at radius 2 is 1.89 bits per heavy atom. The van der Waals surface area contributed by atoms with E-state index in [0.717, 1.165) is 11.1 Å². The lowest BCUT2D eigenvalue weighted by Gasteiger charge is -2.14. The highest BCUT2D eigenvalue weighted by atomic mass is 35.5. The van der Waals surface area contributed by atoms with Crippen LogP contribution in [0, 0.1) is 0 Å². The molecule has 4 aromatic rings. The Balaban J connectivity index is 1.68. The molecular formula is C19H17ClN6O. The van der Waals surface area contributed by atoms with Crippen molar-refractivity contribution in [1.82, 2.24) is 25.2 Å². The summed E-state index contributed by atoms with van der Waals surface area (Å²) in [5.41, 5.74) is 2.56. The molecule has 27 heavy (non-hydrogen) atoms. The lowest BCUT2D eigenvalue weighted by Crippen LogP contribution is -2.17. The molecule has 0 bridgehead atoms. The second-order valence-corrected chi connectivity index (χ2v) is 6.69. The third-order valence-corrected chi connectivity index (χ3v) is 4.59. The fourth-order valence-corrected chi connectivity index (χ4v) is 3.04. The third-order valence-electron chi connectivity index (χ3n) is 4.34. The molecule has 8 heteroatoms. The average molecular weight is 381 g/mol. The largest absolute Gasteiger partial charge is 0.360 e. The normalized spacial score (nSPS) is 12.2. The predicted molar refractivity (Wildman–Crippen MR) is 105 cm³/mol. The Kier molecular flexibility index (Phi) is 4.60. The first kappa shape index (κ1) is 17.2. The number of fused-ring (bicyclic) bond motifs is 1. The third kappa shape index (κ3) is 3.54. The molecule has 2 heterocycles. The van der Waals surface area contributed by atoms with Crippen LogP contribution >= 0.6 is 11.6 Å². The summed E-state index contributed by atoms with van der Waals surface area (Å²) >= 11 is 5.93. The van der Waals surface area contributed by atoms with Crippen molar-refractivity contribution >= 4 is 28.5 Å². The van der Waals surface area contributed by atoms with E-state index in [1.165, 1.54) is 0 Å². The van der Waals surface area contributed by atoms with E-state index in [9.17, 15) is 4.79 Å². The standard InChI is InChI=1S/C19H17ClN6O/c1-12(14-5-3-2-4-6-14)21-18-16-17(19(27)24-23-18)26(25-22-16)11-13-7-9-15(20)10-8-13/h2-10,12H,11H2,1H3,(H,21,23)(H,24,27). The monoisotopic (exact) mass is 380 g/mol. The smallest absolute Gasteiger partial charge is 0.292 e. The van der Waals surface area contributed by atoms with Gasteiger partial charge in [0.25, 0.3) is 5.56 Å². The quantitative estimate of drug-likeness (QED) is 0.554. The minimum absolute atomic E-state index is 0.00535. The van der Waals surface area contributed by atoms with Crippen LogP contribution in [0.4, 0.5) is 5.82 Å². The molecule has 2 aromatic carbocycles. The van der Waals surface area contributed by atoms with Crippen LogP contribution in [0.2, 0.25) is 5.02 Å². The number of benzene rings is 2. The van der Waals surface area contributed by atoms with Gasteiger partial charge < -0.3 is 5.32 Å². The number of nitrogens with one attached hydrogen (secondary N) is 2. The van der Waals surface area contributed by atoms with Gasteiger partial charge >= 0.3 is 0 Å². The molecule has 0 radical (unpaired) electrons. The van der Waals surface area contributed by atoms with Crippen molar-refractivity contribution in [3.63, 3.8) is 0 Å². The van der Waals surface area contributed by atoms with E-state index in [0.29, 0.717) is 28.4 Å². The SMILES string of the molecule is CC(Nc1n[nH]c(=O)c2c1nnn2Cc1ccc(Cl)cc1)c1ccccc1. The highest BCUT2D eigenvalue weighted by molar-refractivity contribution is 6.30. The molecule has 4 rings (SSSR count). The van der Waals surface area contributed by atoms with E-state index < -0.39 is 0 Å². The van der Waals surface area contributed by atoms with Gasteiger partial charge in [-0.15, -0.1) is 5.10 Å². The lowest BCUT2D eigenvalue weighted by atomic mass is 10.1. The van der Waals surface area contributed by atoms with Gasteiger partial charge in [-0.2, -0.15) is 5.10 Å². The molecule has 0 saturated heterocycles. The summed E-state index contributed by atoms with van der Waals surface area (Å²) in [5.74, 6) is 0.489. The first-order chi connectivity index (χ1) is 13.1. The minimum atomic E-state index is -0.332. The van der Waals surface area contributed by atoms with Gasteiger partial charge in [-0.3, -0.25) is 4.79 Å². The van der Waals surface area contributed by atoms with Crippen LogP contribution in [-0.2, 0) is 6.54 Å². The number of H-pyrrole nitrogens is 1. The maximum Gasteiger partial charge on any atom is 0.292 e. The molecule has 136 valence electrons. The number of halogens is 1. The number of aromatic amines is 1. The molecule has 0 aliphatic heterocycles. The molecule has 0 spiro atoms. The van der Waals surface area contributed by atoms with E-state index in [2.05, 4.69) is 25.8 Å². The zero-order valence-corrected chi connectivity index (χ0v) is 15.3. The van der Waals surface area contributed by atoms with Crippen molar-refractivity contribution in [2.24, 2.45) is 0 Å². The Morgan fingerprint density at radius 1 is 1.15 bits per heavy atom. The van der Waals surface area contributed by atoms with Gasteiger partial charge in [0.1, 0.15) is 0 Å². The average Bonchev–Trinajstić information content (AvgIpc) is 3.11. The Hall–Kier alpha value is -3.19. The molecule has 0 amide bonds. The second kappa shape index (κ2) is 7.20. The van der Waals surface area contributed by atoms with E-state index in [1.807, 2.05) is 49.4 Å². The first-order valence-corrected chi connectivity index (χ1v) is 8.87. The molecule has 0 aliphatic carbocycles. The molecule has 1 unspecified atom stereocenters. The highest BCUT2D eigenvalue weighted by Crippen LogP contribution is 2.22. The molecule has 0 saturated carbocycles. The molecule has 1 atom stereocenters. The molecule has 0 fully saturated rings. The number of nitrogens with zero attached hydrogens (tertiary/aromatic N) is 4. The Bertz CT molecular complexity index is 1120. The molecule has 2 N–H and O–H groups in total. The van der Waals surface area contributed by atoms with Crippen LogP contribution in [0.3, 0.4) is 0 Å². The zero-order valence-electron chi connectivity index (χ0n) is 14.6. The fraction of sp³-hybridized carbons (Fsp3) is 0.158. The number of hydrogen-bond donors (Lipinski definition) is 2. The van der Waals surface area contributed by atoms with Crippen LogP contribution in [0.15, 0.2) is 59.4 Å². The summed E-state index contributed by atoms with van der Waals surface area (Å²) in [6.07, 6.45) is 0. The van der Waals surface area contributed by atoms with Crippen LogP contribution in [0.25, 0.3) is 11.0 Å². The number of hydrogen-bond acceptors (Lipinski definition) is 5. The van der Waals surface area contributed by atoms with Gasteiger partial charge in [0.2, 0.25) is 0 Å². The van der Waals surface area contributed by atoms with E-state index >= 15 is 0 Å². The van der Waals surface area contributed by atoms with Crippen molar-refractivity contribution < 1.29 is 0 Å². The summed E-state index contributed by atoms with van der Waals surface area (Å²) < 4.78 is 1.57. The Labute approximate surface area is 160 Å². The number of anilines is 1. The maximum absolute atomic E-state index is 12.3. The van der Waals surface area contributed by atoms with Crippen molar-refractivity contribution in [2.75, 3.05) is 5.32 Å². The number of rotatable bonds is 5. The van der Waals surface area contributed by atoms with Gasteiger partial charge in [-0.05, 0) is 30.2 Å². The topological polar surface area (TPSA) is 88.5 Å². The summed E-state index contributed by atoms with van der Waals surface area (Å²) in [7, 11) is 0. The van der Waals surface area contributed by atoms with Crippen LogP contribution < -0.4 is 10.9 Å². The van der Waals surface area contributed by atoms with Crippen molar-refractivity contribution in [1.29, 1.82) is 0 Å². The van der Waals surface area contributed by atoms with Gasteiger partial charge in [0.15, 0.2) is 16.9 Å². The number of aromatic nitrogens is 5. The first-order valence-electron chi connectivity index (χ1n) is 8.49. The summed E-state index contributed by atoms with van der Waals surface area (Å²) in [5, 5.41) is 18.9. The molecule has 7 nitrogen and oxygen atoms in total. The van der Waals surface area contributed by atoms with E-state index in [-0.39, 0.29) is 11.6 Å². The van der Waals surface area contributed by atoms with Crippen LogP contribution in [0.5, 0.6) is 0 Å². The van der Waals surface area contributed by atoms with E-state index in [4.69, 9.17) is 11.6 Å². The minimum Gasteiger partial charge on any atom is -0.360 e.